The third-order valence-corrected chi connectivity index (χ3v) is 6.12. The number of nitrogens with zero attached hydrogens (tertiary/aromatic N) is 4. The minimum atomic E-state index is 0.0999. The fourth-order valence-electron chi connectivity index (χ4n) is 4.01. The van der Waals surface area contributed by atoms with Crippen molar-refractivity contribution in [2.24, 2.45) is 0 Å². The number of piperidine rings is 1. The summed E-state index contributed by atoms with van der Waals surface area (Å²) < 4.78 is 11.6. The second-order valence-electron chi connectivity index (χ2n) is 8.19. The van der Waals surface area contributed by atoms with Crippen LogP contribution in [0.2, 0.25) is 5.02 Å². The molecule has 0 unspecified atom stereocenters. The van der Waals surface area contributed by atoms with Crippen molar-refractivity contribution >= 4 is 28.6 Å². The van der Waals surface area contributed by atoms with Crippen LogP contribution in [0, 0.1) is 6.92 Å². The molecule has 2 aromatic carbocycles. The zero-order valence-corrected chi connectivity index (χ0v) is 18.5. The highest BCUT2D eigenvalue weighted by molar-refractivity contribution is 6.31. The first-order valence-electron chi connectivity index (χ1n) is 10.8. The topological polar surface area (TPSA) is 85.3 Å². The molecular formula is C24H23ClN4O3. The Morgan fingerprint density at radius 2 is 1.88 bits per heavy atom. The van der Waals surface area contributed by atoms with Gasteiger partial charge in [0.1, 0.15) is 5.52 Å². The highest BCUT2D eigenvalue weighted by atomic mass is 35.5. The number of rotatable bonds is 5. The van der Waals surface area contributed by atoms with Gasteiger partial charge in [-0.1, -0.05) is 29.3 Å². The SMILES string of the molecule is Cc1ccc(-c2nnc(CCC(=O)N3CCC(c4nc5cc(Cl)ccc5o4)CC3)o2)cc1. The number of likely N-dealkylation sites (tertiary alicyclic amines) is 1. The van der Waals surface area contributed by atoms with Gasteiger partial charge in [-0.2, -0.15) is 0 Å². The molecule has 7 nitrogen and oxygen atoms in total. The molecule has 1 fully saturated rings. The highest BCUT2D eigenvalue weighted by Gasteiger charge is 2.27. The second kappa shape index (κ2) is 8.74. The van der Waals surface area contributed by atoms with Gasteiger partial charge in [-0.05, 0) is 50.1 Å². The summed E-state index contributed by atoms with van der Waals surface area (Å²) in [6.07, 6.45) is 2.43. The number of halogens is 1. The van der Waals surface area contributed by atoms with Crippen LogP contribution in [-0.2, 0) is 11.2 Å². The van der Waals surface area contributed by atoms with Crippen LogP contribution in [0.25, 0.3) is 22.6 Å². The number of amides is 1. The number of benzene rings is 2. The van der Waals surface area contributed by atoms with Gasteiger partial charge in [-0.3, -0.25) is 4.79 Å². The lowest BCUT2D eigenvalue weighted by molar-refractivity contribution is -0.132. The van der Waals surface area contributed by atoms with Gasteiger partial charge in [-0.25, -0.2) is 4.98 Å². The van der Waals surface area contributed by atoms with E-state index in [9.17, 15) is 4.79 Å². The van der Waals surface area contributed by atoms with E-state index in [-0.39, 0.29) is 11.8 Å². The van der Waals surface area contributed by atoms with Crippen LogP contribution >= 0.6 is 11.6 Å². The molecule has 1 amide bonds. The summed E-state index contributed by atoms with van der Waals surface area (Å²) in [7, 11) is 0. The van der Waals surface area contributed by atoms with E-state index in [1.807, 2.05) is 48.2 Å². The third kappa shape index (κ3) is 4.39. The van der Waals surface area contributed by atoms with Crippen molar-refractivity contribution < 1.29 is 13.6 Å². The molecule has 0 N–H and O–H groups in total. The van der Waals surface area contributed by atoms with Gasteiger partial charge in [0.25, 0.3) is 0 Å². The van der Waals surface area contributed by atoms with E-state index in [2.05, 4.69) is 15.2 Å². The zero-order chi connectivity index (χ0) is 22.1. The maximum atomic E-state index is 12.7. The lowest BCUT2D eigenvalue weighted by Gasteiger charge is -2.30. The summed E-state index contributed by atoms with van der Waals surface area (Å²) in [6.45, 7) is 3.39. The van der Waals surface area contributed by atoms with Crippen molar-refractivity contribution in [3.63, 3.8) is 0 Å². The van der Waals surface area contributed by atoms with E-state index < -0.39 is 0 Å². The predicted molar refractivity (Wildman–Crippen MR) is 120 cm³/mol. The number of carbonyl (C=O) groups is 1. The van der Waals surface area contributed by atoms with Crippen LogP contribution in [0.15, 0.2) is 51.3 Å². The lowest BCUT2D eigenvalue weighted by atomic mass is 9.96. The molecule has 2 aromatic heterocycles. The molecule has 0 aliphatic carbocycles. The van der Waals surface area contributed by atoms with Crippen LogP contribution in [0.5, 0.6) is 0 Å². The van der Waals surface area contributed by atoms with Gasteiger partial charge < -0.3 is 13.7 Å². The molecule has 0 bridgehead atoms. The van der Waals surface area contributed by atoms with Crippen LogP contribution in [0.1, 0.15) is 42.5 Å². The summed E-state index contributed by atoms with van der Waals surface area (Å²) >= 11 is 6.04. The van der Waals surface area contributed by atoms with E-state index in [0.717, 1.165) is 35.4 Å². The fourth-order valence-corrected chi connectivity index (χ4v) is 4.17. The van der Waals surface area contributed by atoms with Crippen molar-refractivity contribution in [1.82, 2.24) is 20.1 Å². The molecule has 1 aliphatic rings. The average Bonchev–Trinajstić information content (AvgIpc) is 3.45. The van der Waals surface area contributed by atoms with E-state index in [0.29, 0.717) is 42.7 Å². The molecule has 8 heteroatoms. The first kappa shape index (κ1) is 20.7. The first-order valence-corrected chi connectivity index (χ1v) is 11.2. The van der Waals surface area contributed by atoms with E-state index >= 15 is 0 Å². The molecule has 32 heavy (non-hydrogen) atoms. The van der Waals surface area contributed by atoms with Gasteiger partial charge >= 0.3 is 0 Å². The number of hydrogen-bond acceptors (Lipinski definition) is 6. The minimum absolute atomic E-state index is 0.0999. The Bertz CT molecular complexity index is 1240. The number of aromatic nitrogens is 3. The van der Waals surface area contributed by atoms with Gasteiger partial charge in [0, 0.05) is 42.4 Å². The smallest absolute Gasteiger partial charge is 0.247 e. The number of aryl methyl sites for hydroxylation is 2. The monoisotopic (exact) mass is 450 g/mol. The number of carbonyl (C=O) groups excluding carboxylic acids is 1. The third-order valence-electron chi connectivity index (χ3n) is 5.88. The van der Waals surface area contributed by atoms with Gasteiger partial charge in [0.15, 0.2) is 11.5 Å². The van der Waals surface area contributed by atoms with Crippen LogP contribution < -0.4 is 0 Å². The summed E-state index contributed by atoms with van der Waals surface area (Å²) in [4.78, 5) is 19.2. The molecule has 1 saturated heterocycles. The first-order chi connectivity index (χ1) is 15.5. The number of oxazole rings is 1. The Labute approximate surface area is 190 Å². The maximum Gasteiger partial charge on any atom is 0.247 e. The normalized spacial score (nSPS) is 14.9. The summed E-state index contributed by atoms with van der Waals surface area (Å²) in [6, 6.07) is 13.4. The highest BCUT2D eigenvalue weighted by Crippen LogP contribution is 2.31. The quantitative estimate of drug-likeness (QED) is 0.416. The Balaban J connectivity index is 1.14. The Kier molecular flexibility index (Phi) is 5.66. The molecule has 4 aromatic rings. The Morgan fingerprint density at radius 3 is 2.66 bits per heavy atom. The van der Waals surface area contributed by atoms with Crippen molar-refractivity contribution in [3.8, 4) is 11.5 Å². The standard InChI is InChI=1S/C24H23ClN4O3/c1-15-2-4-16(5-3-15)24-28-27-21(32-24)8-9-22(30)29-12-10-17(11-13-29)23-26-19-14-18(25)6-7-20(19)31-23/h2-7,14,17H,8-13H2,1H3. The van der Waals surface area contributed by atoms with Crippen molar-refractivity contribution in [2.75, 3.05) is 13.1 Å². The maximum absolute atomic E-state index is 12.7. The molecule has 5 rings (SSSR count). The largest absolute Gasteiger partial charge is 0.440 e. The summed E-state index contributed by atoms with van der Waals surface area (Å²) in [5.41, 5.74) is 3.57. The molecular weight excluding hydrogens is 428 g/mol. The molecule has 0 atom stereocenters. The average molecular weight is 451 g/mol. The van der Waals surface area contributed by atoms with Crippen molar-refractivity contribution in [3.05, 3.63) is 64.8 Å². The van der Waals surface area contributed by atoms with Crippen LogP contribution in [0.3, 0.4) is 0 Å². The van der Waals surface area contributed by atoms with Crippen LogP contribution in [0.4, 0.5) is 0 Å². The molecule has 3 heterocycles. The molecule has 0 saturated carbocycles. The van der Waals surface area contributed by atoms with Gasteiger partial charge in [0.2, 0.25) is 17.7 Å². The Morgan fingerprint density at radius 1 is 1.09 bits per heavy atom. The molecule has 0 radical (unpaired) electrons. The fraction of sp³-hybridized carbons (Fsp3) is 0.333. The predicted octanol–water partition coefficient (Wildman–Crippen LogP) is 5.18. The van der Waals surface area contributed by atoms with Crippen molar-refractivity contribution in [2.45, 2.75) is 38.5 Å². The van der Waals surface area contributed by atoms with Gasteiger partial charge in [0.05, 0.1) is 0 Å². The van der Waals surface area contributed by atoms with Crippen LogP contribution in [-0.4, -0.2) is 39.1 Å². The van der Waals surface area contributed by atoms with E-state index in [1.165, 1.54) is 5.56 Å². The van der Waals surface area contributed by atoms with Gasteiger partial charge in [-0.15, -0.1) is 10.2 Å². The number of hydrogen-bond donors (Lipinski definition) is 0. The van der Waals surface area contributed by atoms with E-state index in [4.69, 9.17) is 20.4 Å². The van der Waals surface area contributed by atoms with Crippen molar-refractivity contribution in [1.29, 1.82) is 0 Å². The molecule has 164 valence electrons. The Hall–Kier alpha value is -3.19. The number of fused-ring (bicyclic) bond motifs is 1. The zero-order valence-electron chi connectivity index (χ0n) is 17.8. The summed E-state index contributed by atoms with van der Waals surface area (Å²) in [5, 5.41) is 8.84. The minimum Gasteiger partial charge on any atom is -0.440 e. The second-order valence-corrected chi connectivity index (χ2v) is 8.62. The lowest BCUT2D eigenvalue weighted by Crippen LogP contribution is -2.38. The van der Waals surface area contributed by atoms with E-state index in [1.54, 1.807) is 6.07 Å². The summed E-state index contributed by atoms with van der Waals surface area (Å²) in [5.74, 6) is 1.99. The molecule has 0 spiro atoms. The molecule has 1 aliphatic heterocycles.